The Morgan fingerprint density at radius 2 is 1.86 bits per heavy atom. The maximum atomic E-state index is 12.3. The Labute approximate surface area is 169 Å². The standard InChI is InChI=1S/C19H23N3O4S2/c23-18(12-14-4-1-2-5-14)22-19(27)21-15-7-9-17(10-8-15)28(24,25)20-13-16-6-3-11-26-16/h3,6-11,14,20H,1-2,4-5,12-13H2,(H2,21,22,23,27). The molecule has 150 valence electrons. The third-order valence-electron chi connectivity index (χ3n) is 4.64. The lowest BCUT2D eigenvalue weighted by atomic mass is 10.0. The van der Waals surface area contributed by atoms with E-state index in [9.17, 15) is 13.2 Å². The topological polar surface area (TPSA) is 100 Å². The van der Waals surface area contributed by atoms with Crippen LogP contribution in [0.2, 0.25) is 0 Å². The maximum Gasteiger partial charge on any atom is 0.240 e. The number of anilines is 1. The van der Waals surface area contributed by atoms with Crippen molar-refractivity contribution >= 4 is 38.9 Å². The van der Waals surface area contributed by atoms with Gasteiger partial charge in [-0.15, -0.1) is 0 Å². The van der Waals surface area contributed by atoms with Gasteiger partial charge in [0.1, 0.15) is 5.76 Å². The van der Waals surface area contributed by atoms with Crippen LogP contribution in [0.3, 0.4) is 0 Å². The highest BCUT2D eigenvalue weighted by Crippen LogP contribution is 2.27. The lowest BCUT2D eigenvalue weighted by molar-refractivity contribution is -0.120. The van der Waals surface area contributed by atoms with E-state index in [-0.39, 0.29) is 22.5 Å². The predicted octanol–water partition coefficient (Wildman–Crippen LogP) is 3.15. The third kappa shape index (κ3) is 5.88. The molecule has 0 radical (unpaired) electrons. The smallest absolute Gasteiger partial charge is 0.240 e. The number of rotatable bonds is 7. The fourth-order valence-corrected chi connectivity index (χ4v) is 4.42. The first kappa shape index (κ1) is 20.5. The Hall–Kier alpha value is -2.23. The first-order valence-electron chi connectivity index (χ1n) is 9.15. The van der Waals surface area contributed by atoms with Crippen LogP contribution in [0.25, 0.3) is 0 Å². The van der Waals surface area contributed by atoms with Gasteiger partial charge in [0.15, 0.2) is 5.11 Å². The number of furan rings is 1. The summed E-state index contributed by atoms with van der Waals surface area (Å²) in [5, 5.41) is 5.78. The minimum atomic E-state index is -3.65. The average Bonchev–Trinajstić information content (AvgIpc) is 3.34. The normalized spacial score (nSPS) is 14.7. The summed E-state index contributed by atoms with van der Waals surface area (Å²) in [6.45, 7) is 0.0758. The monoisotopic (exact) mass is 421 g/mol. The molecule has 2 aromatic rings. The third-order valence-corrected chi connectivity index (χ3v) is 6.26. The molecule has 1 saturated carbocycles. The lowest BCUT2D eigenvalue weighted by Gasteiger charge is -2.12. The van der Waals surface area contributed by atoms with E-state index in [0.29, 0.717) is 23.8 Å². The summed E-state index contributed by atoms with van der Waals surface area (Å²) < 4.78 is 32.2. The summed E-state index contributed by atoms with van der Waals surface area (Å²) in [4.78, 5) is 12.1. The molecule has 1 heterocycles. The molecule has 1 aliphatic carbocycles. The van der Waals surface area contributed by atoms with Crippen LogP contribution in [0.4, 0.5) is 5.69 Å². The number of benzene rings is 1. The molecule has 3 N–H and O–H groups in total. The van der Waals surface area contributed by atoms with Gasteiger partial charge in [-0.2, -0.15) is 0 Å². The van der Waals surface area contributed by atoms with Crippen LogP contribution in [-0.4, -0.2) is 19.4 Å². The number of nitrogens with one attached hydrogen (secondary N) is 3. The van der Waals surface area contributed by atoms with Crippen molar-refractivity contribution in [2.75, 3.05) is 5.32 Å². The van der Waals surface area contributed by atoms with Crippen molar-refractivity contribution in [3.8, 4) is 0 Å². The molecular formula is C19H23N3O4S2. The van der Waals surface area contributed by atoms with Gasteiger partial charge in [-0.3, -0.25) is 4.79 Å². The quantitative estimate of drug-likeness (QED) is 0.594. The van der Waals surface area contributed by atoms with Gasteiger partial charge >= 0.3 is 0 Å². The largest absolute Gasteiger partial charge is 0.468 e. The molecule has 1 aromatic heterocycles. The molecule has 7 nitrogen and oxygen atoms in total. The zero-order chi connectivity index (χ0) is 20.0. The predicted molar refractivity (Wildman–Crippen MR) is 110 cm³/mol. The average molecular weight is 422 g/mol. The second-order valence-electron chi connectivity index (χ2n) is 6.79. The zero-order valence-electron chi connectivity index (χ0n) is 15.3. The van der Waals surface area contributed by atoms with E-state index in [1.54, 1.807) is 24.3 Å². The second kappa shape index (κ2) is 9.31. The first-order valence-corrected chi connectivity index (χ1v) is 11.0. The summed E-state index contributed by atoms with van der Waals surface area (Å²) in [6.07, 6.45) is 6.54. The van der Waals surface area contributed by atoms with Gasteiger partial charge in [-0.1, -0.05) is 12.8 Å². The highest BCUT2D eigenvalue weighted by Gasteiger charge is 2.19. The number of carbonyl (C=O) groups is 1. The van der Waals surface area contributed by atoms with Crippen molar-refractivity contribution in [2.45, 2.75) is 43.5 Å². The zero-order valence-corrected chi connectivity index (χ0v) is 16.9. The highest BCUT2D eigenvalue weighted by atomic mass is 32.2. The van der Waals surface area contributed by atoms with Crippen molar-refractivity contribution < 1.29 is 17.6 Å². The summed E-state index contributed by atoms with van der Waals surface area (Å²) in [7, 11) is -3.65. The Morgan fingerprint density at radius 1 is 1.14 bits per heavy atom. The summed E-state index contributed by atoms with van der Waals surface area (Å²) in [5.74, 6) is 0.882. The Balaban J connectivity index is 1.50. The highest BCUT2D eigenvalue weighted by molar-refractivity contribution is 7.89. The summed E-state index contributed by atoms with van der Waals surface area (Å²) in [5.41, 5.74) is 0.594. The molecule has 3 rings (SSSR count). The number of sulfonamides is 1. The minimum Gasteiger partial charge on any atom is -0.468 e. The molecule has 1 amide bonds. The van der Waals surface area contributed by atoms with Crippen LogP contribution in [0.15, 0.2) is 52.0 Å². The van der Waals surface area contributed by atoms with Crippen LogP contribution in [0.5, 0.6) is 0 Å². The van der Waals surface area contributed by atoms with E-state index < -0.39 is 10.0 Å². The molecule has 0 atom stereocenters. The van der Waals surface area contributed by atoms with Crippen molar-refractivity contribution in [1.82, 2.24) is 10.0 Å². The number of carbonyl (C=O) groups excluding carboxylic acids is 1. The van der Waals surface area contributed by atoms with Crippen molar-refractivity contribution in [3.63, 3.8) is 0 Å². The van der Waals surface area contributed by atoms with Gasteiger partial charge in [0.2, 0.25) is 15.9 Å². The van der Waals surface area contributed by atoms with Crippen LogP contribution < -0.4 is 15.4 Å². The van der Waals surface area contributed by atoms with Gasteiger partial charge in [0.05, 0.1) is 17.7 Å². The van der Waals surface area contributed by atoms with Crippen LogP contribution >= 0.6 is 12.2 Å². The Morgan fingerprint density at radius 3 is 2.50 bits per heavy atom. The van der Waals surface area contributed by atoms with Gasteiger partial charge < -0.3 is 15.1 Å². The Kier molecular flexibility index (Phi) is 6.82. The van der Waals surface area contributed by atoms with Crippen molar-refractivity contribution in [2.24, 2.45) is 5.92 Å². The first-order chi connectivity index (χ1) is 13.4. The molecule has 0 spiro atoms. The van der Waals surface area contributed by atoms with Gasteiger partial charge in [-0.05, 0) is 67.4 Å². The van der Waals surface area contributed by atoms with E-state index >= 15 is 0 Å². The van der Waals surface area contributed by atoms with Crippen LogP contribution in [0, 0.1) is 5.92 Å². The number of amides is 1. The van der Waals surface area contributed by atoms with E-state index in [0.717, 1.165) is 12.8 Å². The fraction of sp³-hybridized carbons (Fsp3) is 0.368. The molecule has 0 bridgehead atoms. The number of hydrogen-bond acceptors (Lipinski definition) is 5. The molecule has 0 aliphatic heterocycles. The van der Waals surface area contributed by atoms with Crippen molar-refractivity contribution in [3.05, 3.63) is 48.4 Å². The molecular weight excluding hydrogens is 398 g/mol. The molecule has 0 saturated heterocycles. The van der Waals surface area contributed by atoms with E-state index in [4.69, 9.17) is 16.6 Å². The molecule has 28 heavy (non-hydrogen) atoms. The number of thiocarbonyl (C=S) groups is 1. The second-order valence-corrected chi connectivity index (χ2v) is 8.96. The fourth-order valence-electron chi connectivity index (χ4n) is 3.20. The minimum absolute atomic E-state index is 0.0758. The van der Waals surface area contributed by atoms with E-state index in [1.165, 1.54) is 31.2 Å². The van der Waals surface area contributed by atoms with Gasteiger partial charge in [0, 0.05) is 12.1 Å². The molecule has 0 unspecified atom stereocenters. The molecule has 9 heteroatoms. The lowest BCUT2D eigenvalue weighted by Crippen LogP contribution is -2.34. The van der Waals surface area contributed by atoms with E-state index in [1.807, 2.05) is 0 Å². The van der Waals surface area contributed by atoms with Crippen LogP contribution in [0.1, 0.15) is 37.9 Å². The summed E-state index contributed by atoms with van der Waals surface area (Å²) in [6, 6.07) is 9.51. The van der Waals surface area contributed by atoms with E-state index in [2.05, 4.69) is 15.4 Å². The molecule has 1 aliphatic rings. The van der Waals surface area contributed by atoms with Gasteiger partial charge in [0.25, 0.3) is 0 Å². The number of hydrogen-bond donors (Lipinski definition) is 3. The Bertz CT molecular complexity index is 903. The van der Waals surface area contributed by atoms with Crippen molar-refractivity contribution in [1.29, 1.82) is 0 Å². The summed E-state index contributed by atoms with van der Waals surface area (Å²) >= 11 is 5.16. The SMILES string of the molecule is O=C(CC1CCCC1)NC(=S)Nc1ccc(S(=O)(=O)NCc2ccco2)cc1. The maximum absolute atomic E-state index is 12.3. The molecule has 1 aromatic carbocycles. The van der Waals surface area contributed by atoms with Crippen LogP contribution in [-0.2, 0) is 21.4 Å². The van der Waals surface area contributed by atoms with Gasteiger partial charge in [-0.25, -0.2) is 13.1 Å². The molecule has 1 fully saturated rings.